The molecule has 4 nitrogen and oxygen atoms in total. The Morgan fingerprint density at radius 2 is 1.54 bits per heavy atom. The summed E-state index contributed by atoms with van der Waals surface area (Å²) < 4.78 is 15.8. The van der Waals surface area contributed by atoms with Gasteiger partial charge in [-0.15, -0.1) is 0 Å². The molecule has 1 heterocycles. The molecule has 0 aromatic heterocycles. The van der Waals surface area contributed by atoms with Crippen LogP contribution in [0.15, 0.2) is 0 Å². The lowest BCUT2D eigenvalue weighted by Gasteiger charge is -2.32. The number of methoxy groups -OCH3 is 1. The molecule has 0 aliphatic carbocycles. The first-order chi connectivity index (χ1) is 5.80. The van der Waals surface area contributed by atoms with Crippen molar-refractivity contribution < 1.29 is 19.2 Å². The number of rotatable bonds is 2. The van der Waals surface area contributed by atoms with Crippen LogP contribution in [-0.2, 0) is 14.0 Å². The topological polar surface area (TPSA) is 47.9 Å². The summed E-state index contributed by atoms with van der Waals surface area (Å²) in [6.07, 6.45) is -1.03. The van der Waals surface area contributed by atoms with Crippen LogP contribution < -0.4 is 0 Å². The monoisotopic (exact) mass is 188 g/mol. The van der Waals surface area contributed by atoms with Crippen LogP contribution in [0.1, 0.15) is 27.7 Å². The molecular formula is C8H17BO4. The average Bonchev–Trinajstić information content (AvgIpc) is 2.20. The fourth-order valence-corrected chi connectivity index (χ4v) is 1.12. The van der Waals surface area contributed by atoms with Crippen LogP contribution in [-0.4, -0.2) is 36.7 Å². The lowest BCUT2D eigenvalue weighted by atomic mass is 9.89. The second kappa shape index (κ2) is 3.24. The molecule has 0 aromatic rings. The van der Waals surface area contributed by atoms with Gasteiger partial charge in [-0.2, -0.15) is 0 Å². The lowest BCUT2D eigenvalue weighted by molar-refractivity contribution is -0.0387. The molecule has 1 aliphatic rings. The van der Waals surface area contributed by atoms with Gasteiger partial charge in [-0.1, -0.05) is 0 Å². The van der Waals surface area contributed by atoms with Gasteiger partial charge in [0, 0.05) is 7.11 Å². The van der Waals surface area contributed by atoms with E-state index in [2.05, 4.69) is 0 Å². The largest absolute Gasteiger partial charge is 0.517 e. The summed E-state index contributed by atoms with van der Waals surface area (Å²) in [6.45, 7) is 7.70. The van der Waals surface area contributed by atoms with Gasteiger partial charge < -0.3 is 19.2 Å². The third-order valence-electron chi connectivity index (χ3n) is 2.75. The summed E-state index contributed by atoms with van der Waals surface area (Å²) in [5.74, 6) is 0. The second-order valence-electron chi connectivity index (χ2n) is 4.25. The number of hydrogen-bond acceptors (Lipinski definition) is 4. The molecular weight excluding hydrogens is 171 g/mol. The standard InChI is InChI=1S/C8H17BO4/c1-7(2)8(3,4)13-9(12-7)6(10)11-5/h6,10H,1-5H3. The minimum atomic E-state index is -1.03. The zero-order chi connectivity index (χ0) is 10.3. The fraction of sp³-hybridized carbons (Fsp3) is 1.00. The van der Waals surface area contributed by atoms with Gasteiger partial charge in [0.05, 0.1) is 11.2 Å². The van der Waals surface area contributed by atoms with Crippen LogP contribution in [0, 0.1) is 0 Å². The van der Waals surface area contributed by atoms with Crippen LogP contribution in [0.2, 0.25) is 0 Å². The van der Waals surface area contributed by atoms with Crippen molar-refractivity contribution in [2.45, 2.75) is 45.1 Å². The van der Waals surface area contributed by atoms with Crippen LogP contribution in [0.4, 0.5) is 0 Å². The first kappa shape index (κ1) is 11.0. The number of aliphatic hydroxyl groups excluding tert-OH is 1. The second-order valence-corrected chi connectivity index (χ2v) is 4.25. The minimum absolute atomic E-state index is 0.419. The van der Waals surface area contributed by atoms with E-state index >= 15 is 0 Å². The van der Waals surface area contributed by atoms with E-state index in [0.717, 1.165) is 0 Å². The molecule has 1 N–H and O–H groups in total. The quantitative estimate of drug-likeness (QED) is 0.508. The summed E-state index contributed by atoms with van der Waals surface area (Å²) in [4.78, 5) is 0. The molecule has 1 fully saturated rings. The van der Waals surface area contributed by atoms with Crippen molar-refractivity contribution >= 4 is 7.12 Å². The predicted octanol–water partition coefficient (Wildman–Crippen LogP) is 0.583. The van der Waals surface area contributed by atoms with Gasteiger partial charge >= 0.3 is 7.12 Å². The van der Waals surface area contributed by atoms with Crippen molar-refractivity contribution in [3.05, 3.63) is 0 Å². The Hall–Kier alpha value is -0.0951. The minimum Gasteiger partial charge on any atom is -0.400 e. The Balaban J connectivity index is 2.70. The summed E-state index contributed by atoms with van der Waals surface area (Å²) in [5.41, 5.74) is -0.839. The van der Waals surface area contributed by atoms with Gasteiger partial charge in [0.2, 0.25) is 0 Å². The van der Waals surface area contributed by atoms with Gasteiger partial charge in [0.1, 0.15) is 0 Å². The maximum Gasteiger partial charge on any atom is 0.517 e. The van der Waals surface area contributed by atoms with E-state index in [1.807, 2.05) is 27.7 Å². The van der Waals surface area contributed by atoms with Gasteiger partial charge in [-0.25, -0.2) is 0 Å². The van der Waals surface area contributed by atoms with Crippen LogP contribution >= 0.6 is 0 Å². The Labute approximate surface area is 79.3 Å². The molecule has 1 atom stereocenters. The maximum absolute atomic E-state index is 9.35. The Morgan fingerprint density at radius 3 is 1.85 bits per heavy atom. The van der Waals surface area contributed by atoms with Crippen molar-refractivity contribution in [1.29, 1.82) is 0 Å². The molecule has 5 heteroatoms. The van der Waals surface area contributed by atoms with E-state index in [1.165, 1.54) is 7.11 Å². The molecule has 13 heavy (non-hydrogen) atoms. The molecule has 0 radical (unpaired) electrons. The highest BCUT2D eigenvalue weighted by Crippen LogP contribution is 2.37. The molecule has 1 saturated heterocycles. The van der Waals surface area contributed by atoms with Crippen LogP contribution in [0.3, 0.4) is 0 Å². The van der Waals surface area contributed by atoms with Gasteiger partial charge in [-0.3, -0.25) is 0 Å². The third kappa shape index (κ3) is 1.88. The molecule has 0 amide bonds. The SMILES string of the molecule is COC(O)B1OC(C)(C)C(C)(C)O1. The summed E-state index contributed by atoms with van der Waals surface area (Å²) in [5, 5.41) is 9.35. The van der Waals surface area contributed by atoms with Crippen molar-refractivity contribution in [3.8, 4) is 0 Å². The van der Waals surface area contributed by atoms with Crippen LogP contribution in [0.5, 0.6) is 0 Å². The molecule has 1 rings (SSSR count). The predicted molar refractivity (Wildman–Crippen MR) is 49.1 cm³/mol. The highest BCUT2D eigenvalue weighted by molar-refractivity contribution is 6.46. The van der Waals surface area contributed by atoms with Gasteiger partial charge in [0.15, 0.2) is 6.19 Å². The average molecular weight is 188 g/mol. The van der Waals surface area contributed by atoms with Gasteiger partial charge in [0.25, 0.3) is 0 Å². The number of ether oxygens (including phenoxy) is 1. The fourth-order valence-electron chi connectivity index (χ4n) is 1.12. The van der Waals surface area contributed by atoms with Crippen molar-refractivity contribution in [2.24, 2.45) is 0 Å². The van der Waals surface area contributed by atoms with E-state index in [4.69, 9.17) is 14.0 Å². The molecule has 1 aliphatic heterocycles. The number of aliphatic hydroxyl groups is 1. The maximum atomic E-state index is 9.35. The zero-order valence-corrected chi connectivity index (χ0v) is 8.83. The first-order valence-electron chi connectivity index (χ1n) is 4.37. The van der Waals surface area contributed by atoms with E-state index < -0.39 is 24.5 Å². The molecule has 0 spiro atoms. The zero-order valence-electron chi connectivity index (χ0n) is 8.83. The summed E-state index contributed by atoms with van der Waals surface area (Å²) >= 11 is 0. The highest BCUT2D eigenvalue weighted by Gasteiger charge is 2.54. The number of hydrogen-bond donors (Lipinski definition) is 1. The molecule has 1 unspecified atom stereocenters. The first-order valence-corrected chi connectivity index (χ1v) is 4.37. The molecule has 76 valence electrons. The van der Waals surface area contributed by atoms with Crippen molar-refractivity contribution in [3.63, 3.8) is 0 Å². The van der Waals surface area contributed by atoms with Crippen molar-refractivity contribution in [2.75, 3.05) is 7.11 Å². The van der Waals surface area contributed by atoms with Crippen molar-refractivity contribution in [1.82, 2.24) is 0 Å². The van der Waals surface area contributed by atoms with E-state index in [-0.39, 0.29) is 0 Å². The Morgan fingerprint density at radius 1 is 1.15 bits per heavy atom. The van der Waals surface area contributed by atoms with E-state index in [1.54, 1.807) is 0 Å². The summed E-state index contributed by atoms with van der Waals surface area (Å²) in [7, 11) is 0.713. The third-order valence-corrected chi connectivity index (χ3v) is 2.75. The smallest absolute Gasteiger partial charge is 0.400 e. The molecule has 0 saturated carbocycles. The van der Waals surface area contributed by atoms with Crippen LogP contribution in [0.25, 0.3) is 0 Å². The molecule has 0 bridgehead atoms. The lowest BCUT2D eigenvalue weighted by Crippen LogP contribution is -2.41. The van der Waals surface area contributed by atoms with Gasteiger partial charge in [-0.05, 0) is 27.7 Å². The Kier molecular flexibility index (Phi) is 2.74. The Bertz CT molecular complexity index is 177. The normalized spacial score (nSPS) is 27.7. The highest BCUT2D eigenvalue weighted by atomic mass is 16.7. The summed E-state index contributed by atoms with van der Waals surface area (Å²) in [6, 6.07) is 0. The van der Waals surface area contributed by atoms with E-state index in [0.29, 0.717) is 0 Å². The molecule has 0 aromatic carbocycles. The van der Waals surface area contributed by atoms with E-state index in [9.17, 15) is 5.11 Å².